The topological polar surface area (TPSA) is 53.1 Å². The molecule has 2 N–H and O–H groups in total. The van der Waals surface area contributed by atoms with Crippen LogP contribution in [-0.4, -0.2) is 16.1 Å². The zero-order valence-corrected chi connectivity index (χ0v) is 10.2. The van der Waals surface area contributed by atoms with Crippen molar-refractivity contribution in [1.82, 2.24) is 4.98 Å². The van der Waals surface area contributed by atoms with E-state index in [0.717, 1.165) is 15.3 Å². The number of aromatic carboxylic acids is 1. The molecule has 0 aromatic carbocycles. The van der Waals surface area contributed by atoms with Gasteiger partial charge >= 0.3 is 5.97 Å². The number of aromatic amines is 1. The van der Waals surface area contributed by atoms with E-state index in [9.17, 15) is 4.79 Å². The van der Waals surface area contributed by atoms with Gasteiger partial charge in [-0.2, -0.15) is 0 Å². The average molecular weight is 257 g/mol. The molecule has 0 unspecified atom stereocenters. The molecule has 78 valence electrons. The van der Waals surface area contributed by atoms with Gasteiger partial charge in [-0.1, -0.05) is 0 Å². The van der Waals surface area contributed by atoms with Gasteiger partial charge in [-0.15, -0.1) is 22.7 Å². The van der Waals surface area contributed by atoms with Gasteiger partial charge < -0.3 is 10.1 Å². The molecule has 0 atom stereocenters. The number of carboxylic acids is 1. The number of hydrogen-bond acceptors (Lipinski definition) is 4. The van der Waals surface area contributed by atoms with Crippen LogP contribution in [0.15, 0.2) is 11.4 Å². The zero-order chi connectivity index (χ0) is 11.0. The summed E-state index contributed by atoms with van der Waals surface area (Å²) < 4.78 is 0.496. The van der Waals surface area contributed by atoms with Crippen LogP contribution in [0, 0.1) is 10.9 Å². The van der Waals surface area contributed by atoms with Crippen LogP contribution in [0.1, 0.15) is 16.1 Å². The predicted octanol–water partition coefficient (Wildman–Crippen LogP) is 3.54. The van der Waals surface area contributed by atoms with Crippen molar-refractivity contribution in [3.8, 4) is 9.75 Å². The molecule has 0 bridgehead atoms. The molecule has 0 aliphatic carbocycles. The molecule has 0 saturated carbocycles. The van der Waals surface area contributed by atoms with E-state index in [4.69, 9.17) is 17.3 Å². The lowest BCUT2D eigenvalue weighted by atomic mass is 10.2. The monoisotopic (exact) mass is 257 g/mol. The van der Waals surface area contributed by atoms with Crippen LogP contribution in [0.2, 0.25) is 0 Å². The maximum Gasteiger partial charge on any atom is 0.353 e. The number of rotatable bonds is 2. The van der Waals surface area contributed by atoms with Crippen LogP contribution in [-0.2, 0) is 0 Å². The molecule has 2 aromatic heterocycles. The second-order valence-corrected chi connectivity index (χ2v) is 5.56. The normalized spacial score (nSPS) is 10.5. The van der Waals surface area contributed by atoms with E-state index in [1.165, 1.54) is 22.7 Å². The molecule has 2 rings (SSSR count). The van der Waals surface area contributed by atoms with Gasteiger partial charge in [0.1, 0.15) is 5.69 Å². The van der Waals surface area contributed by atoms with Gasteiger partial charge in [0.2, 0.25) is 0 Å². The summed E-state index contributed by atoms with van der Waals surface area (Å²) in [6, 6.07) is 1.97. The van der Waals surface area contributed by atoms with Crippen LogP contribution < -0.4 is 0 Å². The van der Waals surface area contributed by atoms with E-state index in [0.29, 0.717) is 3.95 Å². The minimum absolute atomic E-state index is 0.190. The van der Waals surface area contributed by atoms with Crippen molar-refractivity contribution >= 4 is 40.9 Å². The first-order valence-electron chi connectivity index (χ1n) is 4.10. The van der Waals surface area contributed by atoms with Crippen molar-refractivity contribution in [2.75, 3.05) is 0 Å². The van der Waals surface area contributed by atoms with Crippen molar-refractivity contribution in [3.05, 3.63) is 26.7 Å². The second-order valence-electron chi connectivity index (χ2n) is 2.96. The molecular formula is C9H7NO2S3. The number of hydrogen-bond donors (Lipinski definition) is 2. The summed E-state index contributed by atoms with van der Waals surface area (Å²) in [4.78, 5) is 15.4. The van der Waals surface area contributed by atoms with Crippen molar-refractivity contribution in [2.45, 2.75) is 6.92 Å². The highest BCUT2D eigenvalue weighted by molar-refractivity contribution is 7.73. The Morgan fingerprint density at radius 3 is 2.80 bits per heavy atom. The van der Waals surface area contributed by atoms with Crippen LogP contribution in [0.4, 0.5) is 0 Å². The third-order valence-corrected chi connectivity index (χ3v) is 4.35. The van der Waals surface area contributed by atoms with E-state index in [1.807, 2.05) is 18.4 Å². The van der Waals surface area contributed by atoms with Crippen LogP contribution in [0.5, 0.6) is 0 Å². The van der Waals surface area contributed by atoms with E-state index in [-0.39, 0.29) is 5.69 Å². The number of aryl methyl sites for hydroxylation is 1. The van der Waals surface area contributed by atoms with Crippen LogP contribution >= 0.6 is 34.9 Å². The Hall–Kier alpha value is -0.980. The number of thiophene rings is 1. The quantitative estimate of drug-likeness (QED) is 0.809. The minimum atomic E-state index is -0.967. The average Bonchev–Trinajstić information content (AvgIpc) is 2.71. The number of carbonyl (C=O) groups is 1. The Labute approximate surface area is 99.0 Å². The van der Waals surface area contributed by atoms with E-state index < -0.39 is 5.97 Å². The molecule has 3 nitrogen and oxygen atoms in total. The molecule has 0 amide bonds. The summed E-state index contributed by atoms with van der Waals surface area (Å²) in [7, 11) is 0. The number of nitrogens with one attached hydrogen (secondary N) is 1. The summed E-state index contributed by atoms with van der Waals surface area (Å²) in [5.41, 5.74) is 1.27. The van der Waals surface area contributed by atoms with Crippen molar-refractivity contribution < 1.29 is 9.90 Å². The zero-order valence-electron chi connectivity index (χ0n) is 7.73. The first-order valence-corrected chi connectivity index (χ1v) is 6.21. The van der Waals surface area contributed by atoms with E-state index in [2.05, 4.69) is 4.98 Å². The van der Waals surface area contributed by atoms with Gasteiger partial charge in [0.05, 0.1) is 4.88 Å². The summed E-state index contributed by atoms with van der Waals surface area (Å²) >= 11 is 7.79. The maximum absolute atomic E-state index is 11.0. The molecule has 6 heteroatoms. The largest absolute Gasteiger partial charge is 0.477 e. The summed E-state index contributed by atoms with van der Waals surface area (Å²) in [5.74, 6) is -0.967. The number of carboxylic acid groups (broad SMARTS) is 1. The molecule has 15 heavy (non-hydrogen) atoms. The molecule has 0 fully saturated rings. The number of aromatic nitrogens is 1. The SMILES string of the molecule is Cc1ccsc1-c1sc(=S)[nH]c1C(=O)O. The molecule has 0 spiro atoms. The lowest BCUT2D eigenvalue weighted by molar-refractivity contribution is 0.0692. The highest BCUT2D eigenvalue weighted by Gasteiger charge is 2.17. The second kappa shape index (κ2) is 3.88. The fraction of sp³-hybridized carbons (Fsp3) is 0.111. The van der Waals surface area contributed by atoms with Crippen LogP contribution in [0.25, 0.3) is 9.75 Å². The Kier molecular flexibility index (Phi) is 2.72. The molecule has 2 aromatic rings. The smallest absolute Gasteiger partial charge is 0.353 e. The first-order chi connectivity index (χ1) is 7.09. The highest BCUT2D eigenvalue weighted by Crippen LogP contribution is 2.35. The fourth-order valence-electron chi connectivity index (χ4n) is 1.24. The molecular weight excluding hydrogens is 250 g/mol. The number of H-pyrrole nitrogens is 1. The van der Waals surface area contributed by atoms with Gasteiger partial charge in [-0.25, -0.2) is 4.79 Å². The van der Waals surface area contributed by atoms with Gasteiger partial charge in [-0.05, 0) is 36.2 Å². The fourth-order valence-corrected chi connectivity index (χ4v) is 3.57. The molecule has 0 aliphatic heterocycles. The highest BCUT2D eigenvalue weighted by atomic mass is 32.1. The predicted molar refractivity (Wildman–Crippen MR) is 64.5 cm³/mol. The summed E-state index contributed by atoms with van der Waals surface area (Å²) in [5, 5.41) is 10.9. The van der Waals surface area contributed by atoms with Crippen LogP contribution in [0.3, 0.4) is 0 Å². The standard InChI is InChI=1S/C9H7NO2S3/c1-4-2-3-14-6(4)7-5(8(11)12)10-9(13)15-7/h2-3H,1H3,(H,10,13)(H,11,12). The Morgan fingerprint density at radius 1 is 1.53 bits per heavy atom. The number of thiazole rings is 1. The lowest BCUT2D eigenvalue weighted by Crippen LogP contribution is -1.98. The van der Waals surface area contributed by atoms with Gasteiger partial charge in [0.15, 0.2) is 3.95 Å². The lowest BCUT2D eigenvalue weighted by Gasteiger charge is -1.96. The Balaban J connectivity index is 2.67. The van der Waals surface area contributed by atoms with Gasteiger partial charge in [0, 0.05) is 4.88 Å². The molecule has 0 saturated heterocycles. The Morgan fingerprint density at radius 2 is 2.27 bits per heavy atom. The molecule has 0 radical (unpaired) electrons. The van der Waals surface area contributed by atoms with Gasteiger partial charge in [0.25, 0.3) is 0 Å². The maximum atomic E-state index is 11.0. The third kappa shape index (κ3) is 1.88. The minimum Gasteiger partial charge on any atom is -0.477 e. The molecule has 2 heterocycles. The summed E-state index contributed by atoms with van der Waals surface area (Å²) in [6.07, 6.45) is 0. The summed E-state index contributed by atoms with van der Waals surface area (Å²) in [6.45, 7) is 1.96. The van der Waals surface area contributed by atoms with E-state index in [1.54, 1.807) is 0 Å². The first kappa shape index (κ1) is 10.5. The van der Waals surface area contributed by atoms with Crippen molar-refractivity contribution in [2.24, 2.45) is 0 Å². The van der Waals surface area contributed by atoms with E-state index >= 15 is 0 Å². The Bertz CT molecular complexity index is 564. The van der Waals surface area contributed by atoms with Crippen molar-refractivity contribution in [3.63, 3.8) is 0 Å². The molecule has 0 aliphatic rings. The van der Waals surface area contributed by atoms with Crippen molar-refractivity contribution in [1.29, 1.82) is 0 Å². The third-order valence-electron chi connectivity index (χ3n) is 1.93. The van der Waals surface area contributed by atoms with Gasteiger partial charge in [-0.3, -0.25) is 0 Å².